The zero-order chi connectivity index (χ0) is 19.3. The molecule has 1 amide bonds. The zero-order valence-corrected chi connectivity index (χ0v) is 16.6. The standard InChI is InChI=1S/C22H18BrN3O2/c23-19-8-6-18-11-21(9-7-17(18)10-19)28-15-22(27)24-12-16-13-25-26(14-16)20-4-2-1-3-5-20/h1-11,13-14H,12,15H2,(H,24,27). The van der Waals surface area contributed by atoms with Crippen molar-refractivity contribution in [3.05, 3.63) is 89.2 Å². The van der Waals surface area contributed by atoms with Gasteiger partial charge in [0, 0.05) is 22.8 Å². The van der Waals surface area contributed by atoms with E-state index in [-0.39, 0.29) is 12.5 Å². The number of para-hydroxylation sites is 1. The Balaban J connectivity index is 1.30. The molecule has 6 heteroatoms. The molecule has 28 heavy (non-hydrogen) atoms. The molecule has 0 atom stereocenters. The van der Waals surface area contributed by atoms with Crippen molar-refractivity contribution in [2.45, 2.75) is 6.54 Å². The summed E-state index contributed by atoms with van der Waals surface area (Å²) < 4.78 is 8.44. The summed E-state index contributed by atoms with van der Waals surface area (Å²) in [4.78, 5) is 12.1. The van der Waals surface area contributed by atoms with Crippen LogP contribution in [0.2, 0.25) is 0 Å². The molecular formula is C22H18BrN3O2. The lowest BCUT2D eigenvalue weighted by Gasteiger charge is -2.08. The van der Waals surface area contributed by atoms with Crippen LogP contribution < -0.4 is 10.1 Å². The van der Waals surface area contributed by atoms with E-state index < -0.39 is 0 Å². The summed E-state index contributed by atoms with van der Waals surface area (Å²) in [5.41, 5.74) is 1.90. The minimum Gasteiger partial charge on any atom is -0.484 e. The molecule has 0 aliphatic rings. The van der Waals surface area contributed by atoms with Gasteiger partial charge < -0.3 is 10.1 Å². The van der Waals surface area contributed by atoms with Crippen molar-refractivity contribution in [2.24, 2.45) is 0 Å². The van der Waals surface area contributed by atoms with Crippen LogP contribution in [0.1, 0.15) is 5.56 Å². The molecule has 140 valence electrons. The van der Waals surface area contributed by atoms with Gasteiger partial charge in [-0.05, 0) is 47.2 Å². The minimum atomic E-state index is -0.177. The van der Waals surface area contributed by atoms with Crippen LogP contribution in [0.3, 0.4) is 0 Å². The maximum absolute atomic E-state index is 12.1. The molecule has 0 unspecified atom stereocenters. The summed E-state index contributed by atoms with van der Waals surface area (Å²) in [5.74, 6) is 0.491. The lowest BCUT2D eigenvalue weighted by Crippen LogP contribution is -2.28. The highest BCUT2D eigenvalue weighted by molar-refractivity contribution is 9.10. The predicted molar refractivity (Wildman–Crippen MR) is 113 cm³/mol. The van der Waals surface area contributed by atoms with E-state index in [4.69, 9.17) is 4.74 Å². The molecule has 1 N–H and O–H groups in total. The Hall–Kier alpha value is -3.12. The maximum atomic E-state index is 12.1. The number of benzene rings is 3. The Bertz CT molecular complexity index is 1110. The van der Waals surface area contributed by atoms with E-state index in [1.54, 1.807) is 10.9 Å². The van der Waals surface area contributed by atoms with Crippen LogP contribution in [-0.2, 0) is 11.3 Å². The number of carbonyl (C=O) groups excluding carboxylic acids is 1. The van der Waals surface area contributed by atoms with Crippen molar-refractivity contribution >= 4 is 32.6 Å². The Kier molecular flexibility index (Phi) is 5.39. The first-order valence-electron chi connectivity index (χ1n) is 8.85. The molecule has 0 radical (unpaired) electrons. The van der Waals surface area contributed by atoms with Crippen molar-refractivity contribution in [3.8, 4) is 11.4 Å². The largest absolute Gasteiger partial charge is 0.484 e. The quantitative estimate of drug-likeness (QED) is 0.485. The summed E-state index contributed by atoms with van der Waals surface area (Å²) in [7, 11) is 0. The Morgan fingerprint density at radius 2 is 1.82 bits per heavy atom. The van der Waals surface area contributed by atoms with E-state index in [1.807, 2.05) is 72.9 Å². The highest BCUT2D eigenvalue weighted by atomic mass is 79.9. The van der Waals surface area contributed by atoms with Gasteiger partial charge in [-0.2, -0.15) is 5.10 Å². The lowest BCUT2D eigenvalue weighted by atomic mass is 10.1. The van der Waals surface area contributed by atoms with Gasteiger partial charge >= 0.3 is 0 Å². The number of nitrogens with zero attached hydrogens (tertiary/aromatic N) is 2. The highest BCUT2D eigenvalue weighted by Crippen LogP contribution is 2.24. The SMILES string of the molecule is O=C(COc1ccc2cc(Br)ccc2c1)NCc1cnn(-c2ccccc2)c1. The average Bonchev–Trinajstić information content (AvgIpc) is 3.20. The van der Waals surface area contributed by atoms with Gasteiger partial charge in [0.05, 0.1) is 11.9 Å². The Labute approximate surface area is 171 Å². The second kappa shape index (κ2) is 8.27. The van der Waals surface area contributed by atoms with Crippen molar-refractivity contribution in [1.29, 1.82) is 0 Å². The molecule has 3 aromatic carbocycles. The van der Waals surface area contributed by atoms with Crippen molar-refractivity contribution in [1.82, 2.24) is 15.1 Å². The molecule has 0 aliphatic heterocycles. The molecule has 0 aliphatic carbocycles. The minimum absolute atomic E-state index is 0.0329. The zero-order valence-electron chi connectivity index (χ0n) is 15.0. The smallest absolute Gasteiger partial charge is 0.258 e. The van der Waals surface area contributed by atoms with Crippen LogP contribution in [0.25, 0.3) is 16.5 Å². The first-order valence-corrected chi connectivity index (χ1v) is 9.64. The number of fused-ring (bicyclic) bond motifs is 1. The Morgan fingerprint density at radius 3 is 2.68 bits per heavy atom. The molecule has 4 rings (SSSR count). The molecule has 0 saturated carbocycles. The van der Waals surface area contributed by atoms with Gasteiger partial charge in [0.25, 0.3) is 5.91 Å². The molecule has 1 aromatic heterocycles. The second-order valence-electron chi connectivity index (χ2n) is 6.35. The number of hydrogen-bond donors (Lipinski definition) is 1. The maximum Gasteiger partial charge on any atom is 0.258 e. The van der Waals surface area contributed by atoms with Gasteiger partial charge in [-0.25, -0.2) is 4.68 Å². The number of aromatic nitrogens is 2. The number of rotatable bonds is 6. The molecule has 5 nitrogen and oxygen atoms in total. The normalized spacial score (nSPS) is 10.8. The number of carbonyl (C=O) groups is 1. The first-order chi connectivity index (χ1) is 13.7. The van der Waals surface area contributed by atoms with Crippen molar-refractivity contribution < 1.29 is 9.53 Å². The van der Waals surface area contributed by atoms with E-state index >= 15 is 0 Å². The summed E-state index contributed by atoms with van der Waals surface area (Å²) in [6.45, 7) is 0.371. The Morgan fingerprint density at radius 1 is 1.04 bits per heavy atom. The fourth-order valence-electron chi connectivity index (χ4n) is 2.86. The van der Waals surface area contributed by atoms with E-state index in [2.05, 4.69) is 26.3 Å². The van der Waals surface area contributed by atoms with Crippen LogP contribution in [0, 0.1) is 0 Å². The third-order valence-electron chi connectivity index (χ3n) is 4.29. The van der Waals surface area contributed by atoms with E-state index in [9.17, 15) is 4.79 Å². The lowest BCUT2D eigenvalue weighted by molar-refractivity contribution is -0.123. The van der Waals surface area contributed by atoms with Crippen LogP contribution in [0.4, 0.5) is 0 Å². The monoisotopic (exact) mass is 435 g/mol. The van der Waals surface area contributed by atoms with E-state index in [0.29, 0.717) is 12.3 Å². The van der Waals surface area contributed by atoms with Gasteiger partial charge in [0.1, 0.15) is 5.75 Å². The summed E-state index contributed by atoms with van der Waals surface area (Å²) in [6.07, 6.45) is 3.65. The van der Waals surface area contributed by atoms with E-state index in [0.717, 1.165) is 26.5 Å². The highest BCUT2D eigenvalue weighted by Gasteiger charge is 2.06. The van der Waals surface area contributed by atoms with Crippen LogP contribution in [0.15, 0.2) is 83.6 Å². The fourth-order valence-corrected chi connectivity index (χ4v) is 3.24. The number of hydrogen-bond acceptors (Lipinski definition) is 3. The van der Waals surface area contributed by atoms with Crippen molar-refractivity contribution in [2.75, 3.05) is 6.61 Å². The van der Waals surface area contributed by atoms with Crippen LogP contribution >= 0.6 is 15.9 Å². The molecule has 0 spiro atoms. The summed E-state index contributed by atoms with van der Waals surface area (Å²) >= 11 is 3.46. The number of halogens is 1. The van der Waals surface area contributed by atoms with Gasteiger partial charge in [0.2, 0.25) is 0 Å². The van der Waals surface area contributed by atoms with Gasteiger partial charge in [-0.1, -0.05) is 46.3 Å². The number of nitrogens with one attached hydrogen (secondary N) is 1. The van der Waals surface area contributed by atoms with Gasteiger partial charge in [-0.3, -0.25) is 4.79 Å². The molecule has 0 bridgehead atoms. The fraction of sp³-hybridized carbons (Fsp3) is 0.0909. The summed E-state index contributed by atoms with van der Waals surface area (Å²) in [6, 6.07) is 21.6. The molecule has 4 aromatic rings. The third kappa shape index (κ3) is 4.40. The van der Waals surface area contributed by atoms with Crippen LogP contribution in [0.5, 0.6) is 5.75 Å². The molecule has 1 heterocycles. The van der Waals surface area contributed by atoms with Gasteiger partial charge in [-0.15, -0.1) is 0 Å². The van der Waals surface area contributed by atoms with E-state index in [1.165, 1.54) is 0 Å². The summed E-state index contributed by atoms with van der Waals surface area (Å²) in [5, 5.41) is 9.36. The van der Waals surface area contributed by atoms with Crippen molar-refractivity contribution in [3.63, 3.8) is 0 Å². The topological polar surface area (TPSA) is 56.1 Å². The first kappa shape index (κ1) is 18.3. The number of amides is 1. The molecular weight excluding hydrogens is 418 g/mol. The third-order valence-corrected chi connectivity index (χ3v) is 4.78. The predicted octanol–water partition coefficient (Wildman–Crippen LogP) is 4.48. The molecule has 0 fully saturated rings. The number of ether oxygens (including phenoxy) is 1. The average molecular weight is 436 g/mol. The van der Waals surface area contributed by atoms with Gasteiger partial charge in [0.15, 0.2) is 6.61 Å². The molecule has 0 saturated heterocycles. The van der Waals surface area contributed by atoms with Crippen LogP contribution in [-0.4, -0.2) is 22.3 Å². The second-order valence-corrected chi connectivity index (χ2v) is 7.26.